The summed E-state index contributed by atoms with van der Waals surface area (Å²) in [5.74, 6) is 0.0463. The quantitative estimate of drug-likeness (QED) is 0.772. The Morgan fingerprint density at radius 1 is 1.69 bits per heavy atom. The average molecular weight is 223 g/mol. The van der Waals surface area contributed by atoms with Crippen LogP contribution in [0.15, 0.2) is 12.3 Å². The molecule has 0 atom stereocenters. The minimum atomic E-state index is -0.640. The van der Waals surface area contributed by atoms with E-state index in [-0.39, 0.29) is 5.91 Å². The number of nitrogens with one attached hydrogen (secondary N) is 1. The van der Waals surface area contributed by atoms with Crippen molar-refractivity contribution in [1.29, 1.82) is 0 Å². The van der Waals surface area contributed by atoms with Crippen LogP contribution in [0.3, 0.4) is 0 Å². The van der Waals surface area contributed by atoms with Gasteiger partial charge in [-0.25, -0.2) is 0 Å². The molecule has 0 radical (unpaired) electrons. The molecule has 1 aliphatic heterocycles. The molecule has 1 fully saturated rings. The number of hydrogen-bond acceptors (Lipinski definition) is 3. The average Bonchev–Trinajstić information content (AvgIpc) is 2.66. The minimum Gasteiger partial charge on any atom is -0.386 e. The van der Waals surface area contributed by atoms with E-state index in [1.165, 1.54) is 0 Å². The zero-order valence-corrected chi connectivity index (χ0v) is 9.44. The first-order valence-electron chi connectivity index (χ1n) is 5.61. The van der Waals surface area contributed by atoms with E-state index < -0.39 is 5.60 Å². The molecule has 2 heterocycles. The molecule has 0 spiro atoms. The fourth-order valence-electron chi connectivity index (χ4n) is 2.12. The Kier molecular flexibility index (Phi) is 2.96. The lowest BCUT2D eigenvalue weighted by Gasteiger charge is -2.46. The van der Waals surface area contributed by atoms with Gasteiger partial charge in [0.05, 0.1) is 25.1 Å². The molecule has 2 rings (SSSR count). The second-order valence-electron chi connectivity index (χ2n) is 4.48. The van der Waals surface area contributed by atoms with E-state index in [9.17, 15) is 9.90 Å². The number of nitrogens with zero attached hydrogens (tertiary/aromatic N) is 2. The van der Waals surface area contributed by atoms with Gasteiger partial charge in [-0.3, -0.25) is 9.89 Å². The van der Waals surface area contributed by atoms with E-state index in [0.717, 1.165) is 18.5 Å². The number of carbonyl (C=O) groups excluding carboxylic acids is 1. The van der Waals surface area contributed by atoms with E-state index in [1.54, 1.807) is 17.2 Å². The Morgan fingerprint density at radius 2 is 2.44 bits per heavy atom. The molecule has 0 aliphatic carbocycles. The van der Waals surface area contributed by atoms with E-state index >= 15 is 0 Å². The molecule has 1 saturated heterocycles. The maximum absolute atomic E-state index is 11.8. The Bertz CT molecular complexity index is 355. The van der Waals surface area contributed by atoms with Gasteiger partial charge in [-0.15, -0.1) is 0 Å². The van der Waals surface area contributed by atoms with E-state index in [1.807, 2.05) is 6.92 Å². The topological polar surface area (TPSA) is 69.2 Å². The van der Waals surface area contributed by atoms with Gasteiger partial charge < -0.3 is 10.0 Å². The molecule has 2 N–H and O–H groups in total. The lowest BCUT2D eigenvalue weighted by molar-refractivity contribution is -0.155. The molecular formula is C11H17N3O2. The number of aliphatic hydroxyl groups is 1. The number of carbonyl (C=O) groups is 1. The first-order chi connectivity index (χ1) is 7.63. The molecule has 1 aromatic heterocycles. The number of rotatable bonds is 4. The molecule has 16 heavy (non-hydrogen) atoms. The zero-order chi connectivity index (χ0) is 11.6. The molecule has 0 bridgehead atoms. The van der Waals surface area contributed by atoms with Gasteiger partial charge in [-0.2, -0.15) is 5.10 Å². The zero-order valence-electron chi connectivity index (χ0n) is 9.44. The highest BCUT2D eigenvalue weighted by Crippen LogP contribution is 2.26. The van der Waals surface area contributed by atoms with Crippen molar-refractivity contribution in [3.05, 3.63) is 18.0 Å². The van der Waals surface area contributed by atoms with Crippen LogP contribution in [-0.4, -0.2) is 44.8 Å². The maximum atomic E-state index is 11.8. The fourth-order valence-corrected chi connectivity index (χ4v) is 2.12. The standard InChI is InChI=1S/C11H17N3O2/c1-2-4-11(16)7-14(8-11)10(15)6-9-3-5-12-13-9/h3,5,16H,2,4,6-8H2,1H3,(H,12,13). The Hall–Kier alpha value is -1.36. The van der Waals surface area contributed by atoms with Crippen LogP contribution in [0, 0.1) is 0 Å². The van der Waals surface area contributed by atoms with Crippen molar-refractivity contribution in [2.75, 3.05) is 13.1 Å². The monoisotopic (exact) mass is 223 g/mol. The lowest BCUT2D eigenvalue weighted by atomic mass is 9.89. The highest BCUT2D eigenvalue weighted by molar-refractivity contribution is 5.79. The summed E-state index contributed by atoms with van der Waals surface area (Å²) in [6.07, 6.45) is 3.67. The summed E-state index contributed by atoms with van der Waals surface area (Å²) in [6, 6.07) is 1.79. The lowest BCUT2D eigenvalue weighted by Crippen LogP contribution is -2.63. The van der Waals surface area contributed by atoms with Crippen LogP contribution < -0.4 is 0 Å². The Morgan fingerprint density at radius 3 is 3.00 bits per heavy atom. The maximum Gasteiger partial charge on any atom is 0.228 e. The first-order valence-corrected chi connectivity index (χ1v) is 5.61. The number of likely N-dealkylation sites (tertiary alicyclic amines) is 1. The summed E-state index contributed by atoms with van der Waals surface area (Å²) in [5.41, 5.74) is 0.175. The number of hydrogen-bond donors (Lipinski definition) is 2. The van der Waals surface area contributed by atoms with Gasteiger partial charge in [0, 0.05) is 11.9 Å². The van der Waals surface area contributed by atoms with Gasteiger partial charge >= 0.3 is 0 Å². The molecule has 1 aromatic rings. The second-order valence-corrected chi connectivity index (χ2v) is 4.48. The SMILES string of the molecule is CCCC1(O)CN(C(=O)Cc2ccn[nH]2)C1. The van der Waals surface area contributed by atoms with Crippen molar-refractivity contribution in [2.24, 2.45) is 0 Å². The molecule has 5 heteroatoms. The van der Waals surface area contributed by atoms with Crippen LogP contribution in [0.5, 0.6) is 0 Å². The van der Waals surface area contributed by atoms with Crippen molar-refractivity contribution < 1.29 is 9.90 Å². The van der Waals surface area contributed by atoms with Crippen molar-refractivity contribution >= 4 is 5.91 Å². The van der Waals surface area contributed by atoms with Crippen molar-refractivity contribution in [3.8, 4) is 0 Å². The number of β-amino-alcohol motifs (C(OH)–C–C–N with tert-alkyl or cyclic N) is 1. The highest BCUT2D eigenvalue weighted by Gasteiger charge is 2.42. The highest BCUT2D eigenvalue weighted by atomic mass is 16.3. The predicted molar refractivity (Wildman–Crippen MR) is 58.7 cm³/mol. The van der Waals surface area contributed by atoms with E-state index in [0.29, 0.717) is 19.5 Å². The molecule has 0 unspecified atom stereocenters. The molecule has 1 amide bonds. The van der Waals surface area contributed by atoms with Crippen molar-refractivity contribution in [2.45, 2.75) is 31.8 Å². The summed E-state index contributed by atoms with van der Waals surface area (Å²) in [6.45, 7) is 2.97. The Balaban J connectivity index is 1.81. The normalized spacial score (nSPS) is 18.2. The molecule has 1 aliphatic rings. The van der Waals surface area contributed by atoms with Gasteiger partial charge in [0.25, 0.3) is 0 Å². The number of H-pyrrole nitrogens is 1. The smallest absolute Gasteiger partial charge is 0.228 e. The van der Waals surface area contributed by atoms with Gasteiger partial charge in [-0.1, -0.05) is 13.3 Å². The van der Waals surface area contributed by atoms with E-state index in [2.05, 4.69) is 10.2 Å². The second kappa shape index (κ2) is 4.25. The van der Waals surface area contributed by atoms with Crippen LogP contribution in [0.4, 0.5) is 0 Å². The van der Waals surface area contributed by atoms with Gasteiger partial charge in [-0.05, 0) is 12.5 Å². The van der Waals surface area contributed by atoms with Gasteiger partial charge in [0.2, 0.25) is 5.91 Å². The summed E-state index contributed by atoms with van der Waals surface area (Å²) >= 11 is 0. The third kappa shape index (κ3) is 2.24. The summed E-state index contributed by atoms with van der Waals surface area (Å²) < 4.78 is 0. The minimum absolute atomic E-state index is 0.0463. The van der Waals surface area contributed by atoms with Crippen LogP contribution in [0.2, 0.25) is 0 Å². The van der Waals surface area contributed by atoms with Crippen molar-refractivity contribution in [1.82, 2.24) is 15.1 Å². The number of aromatic amines is 1. The summed E-state index contributed by atoms with van der Waals surface area (Å²) in [5, 5.41) is 16.5. The largest absolute Gasteiger partial charge is 0.386 e. The summed E-state index contributed by atoms with van der Waals surface area (Å²) in [7, 11) is 0. The third-order valence-electron chi connectivity index (χ3n) is 2.94. The molecule has 0 saturated carbocycles. The van der Waals surface area contributed by atoms with Gasteiger partial charge in [0.15, 0.2) is 0 Å². The number of amides is 1. The molecular weight excluding hydrogens is 206 g/mol. The first kappa shape index (κ1) is 11.1. The molecule has 88 valence electrons. The fraction of sp³-hybridized carbons (Fsp3) is 0.636. The molecule has 0 aromatic carbocycles. The Labute approximate surface area is 94.5 Å². The van der Waals surface area contributed by atoms with E-state index in [4.69, 9.17) is 0 Å². The van der Waals surface area contributed by atoms with Crippen LogP contribution in [-0.2, 0) is 11.2 Å². The van der Waals surface area contributed by atoms with Crippen LogP contribution in [0.1, 0.15) is 25.5 Å². The van der Waals surface area contributed by atoms with Gasteiger partial charge in [0.1, 0.15) is 0 Å². The van der Waals surface area contributed by atoms with Crippen LogP contribution >= 0.6 is 0 Å². The van der Waals surface area contributed by atoms with Crippen molar-refractivity contribution in [3.63, 3.8) is 0 Å². The summed E-state index contributed by atoms with van der Waals surface area (Å²) in [4.78, 5) is 13.4. The molecule has 5 nitrogen and oxygen atoms in total. The number of aromatic nitrogens is 2. The van der Waals surface area contributed by atoms with Crippen LogP contribution in [0.25, 0.3) is 0 Å². The third-order valence-corrected chi connectivity index (χ3v) is 2.94. The predicted octanol–water partition coefficient (Wildman–Crippen LogP) is 0.326.